The van der Waals surface area contributed by atoms with Crippen LogP contribution in [-0.4, -0.2) is 43.4 Å². The zero-order chi connectivity index (χ0) is 21.8. The highest BCUT2D eigenvalue weighted by Crippen LogP contribution is 2.25. The molecule has 2 aromatic heterocycles. The van der Waals surface area contributed by atoms with E-state index in [0.29, 0.717) is 44.4 Å². The van der Waals surface area contributed by atoms with Gasteiger partial charge in [-0.1, -0.05) is 45.8 Å². The highest BCUT2D eigenvalue weighted by Gasteiger charge is 2.20. The lowest BCUT2D eigenvalue weighted by Gasteiger charge is -2.05. The van der Waals surface area contributed by atoms with E-state index in [2.05, 4.69) is 20.6 Å². The zero-order valence-electron chi connectivity index (χ0n) is 16.3. The topological polar surface area (TPSA) is 110 Å². The van der Waals surface area contributed by atoms with Crippen LogP contribution in [0.4, 0.5) is 5.13 Å². The molecule has 2 heterocycles. The van der Waals surface area contributed by atoms with Gasteiger partial charge in [-0.15, -0.1) is 5.10 Å². The van der Waals surface area contributed by atoms with Gasteiger partial charge in [-0.25, -0.2) is 9.67 Å². The van der Waals surface area contributed by atoms with E-state index in [-0.39, 0.29) is 24.5 Å². The van der Waals surface area contributed by atoms with Crippen molar-refractivity contribution < 1.29 is 14.7 Å². The first-order chi connectivity index (χ1) is 14.3. The molecule has 0 spiro atoms. The highest BCUT2D eigenvalue weighted by molar-refractivity contribution is 7.17. The molecule has 0 aliphatic heterocycles. The SMILES string of the molecule is Cc1nc(NC(=O)c2nnn(Cc3ccc(Cl)c(Cl)c3)c2C)sc1C(=O)CCCO. The Morgan fingerprint density at radius 3 is 2.70 bits per heavy atom. The first-order valence-electron chi connectivity index (χ1n) is 9.07. The van der Waals surface area contributed by atoms with Crippen LogP contribution in [0.1, 0.15) is 50.0 Å². The molecule has 0 fully saturated rings. The van der Waals surface area contributed by atoms with E-state index in [1.165, 1.54) is 0 Å². The summed E-state index contributed by atoms with van der Waals surface area (Å²) in [6.45, 7) is 3.77. The Morgan fingerprint density at radius 1 is 1.23 bits per heavy atom. The highest BCUT2D eigenvalue weighted by atomic mass is 35.5. The number of benzene rings is 1. The van der Waals surface area contributed by atoms with Gasteiger partial charge in [0.05, 0.1) is 32.9 Å². The standard InChI is InChI=1S/C19H19Cl2N5O3S/c1-10-17(15(28)4-3-7-27)30-19(22-10)23-18(29)16-11(2)26(25-24-16)9-12-5-6-13(20)14(21)8-12/h5-6,8,27H,3-4,7,9H2,1-2H3,(H,22,23,29). The van der Waals surface area contributed by atoms with Crippen LogP contribution in [0, 0.1) is 13.8 Å². The van der Waals surface area contributed by atoms with Crippen LogP contribution in [0.3, 0.4) is 0 Å². The maximum absolute atomic E-state index is 12.6. The second-order valence-electron chi connectivity index (χ2n) is 6.57. The van der Waals surface area contributed by atoms with E-state index in [1.54, 1.807) is 30.7 Å². The maximum atomic E-state index is 12.6. The zero-order valence-corrected chi connectivity index (χ0v) is 18.6. The number of hydrogen-bond donors (Lipinski definition) is 2. The molecule has 30 heavy (non-hydrogen) atoms. The van der Waals surface area contributed by atoms with Gasteiger partial charge in [0, 0.05) is 13.0 Å². The molecule has 3 aromatic rings. The van der Waals surface area contributed by atoms with Crippen LogP contribution in [0.2, 0.25) is 10.0 Å². The number of rotatable bonds is 8. The van der Waals surface area contributed by atoms with Crippen LogP contribution < -0.4 is 5.32 Å². The van der Waals surface area contributed by atoms with Crippen molar-refractivity contribution in [2.75, 3.05) is 11.9 Å². The lowest BCUT2D eigenvalue weighted by Crippen LogP contribution is -2.14. The molecule has 0 bridgehead atoms. The second kappa shape index (κ2) is 9.65. The third-order valence-electron chi connectivity index (χ3n) is 4.35. The molecule has 2 N–H and O–H groups in total. The average Bonchev–Trinajstić information content (AvgIpc) is 3.25. The van der Waals surface area contributed by atoms with Gasteiger partial charge in [0.25, 0.3) is 5.91 Å². The van der Waals surface area contributed by atoms with Gasteiger partial charge < -0.3 is 5.11 Å². The van der Waals surface area contributed by atoms with E-state index in [0.717, 1.165) is 16.9 Å². The summed E-state index contributed by atoms with van der Waals surface area (Å²) >= 11 is 13.1. The van der Waals surface area contributed by atoms with E-state index in [1.807, 2.05) is 6.07 Å². The number of aliphatic hydroxyl groups excluding tert-OH is 1. The number of nitrogens with zero attached hydrogens (tertiary/aromatic N) is 4. The summed E-state index contributed by atoms with van der Waals surface area (Å²) in [6.07, 6.45) is 0.619. The summed E-state index contributed by atoms with van der Waals surface area (Å²) < 4.78 is 1.59. The van der Waals surface area contributed by atoms with Crippen LogP contribution in [0.5, 0.6) is 0 Å². The number of aliphatic hydroxyl groups is 1. The number of aryl methyl sites for hydroxylation is 1. The summed E-state index contributed by atoms with van der Waals surface area (Å²) in [6, 6.07) is 5.25. The Labute approximate surface area is 186 Å². The number of carbonyl (C=O) groups excluding carboxylic acids is 2. The molecule has 0 unspecified atom stereocenters. The van der Waals surface area contributed by atoms with Crippen LogP contribution >= 0.6 is 34.5 Å². The van der Waals surface area contributed by atoms with Gasteiger partial charge in [-0.2, -0.15) is 0 Å². The number of halogens is 2. The molecule has 0 saturated carbocycles. The van der Waals surface area contributed by atoms with E-state index in [9.17, 15) is 9.59 Å². The number of hydrogen-bond acceptors (Lipinski definition) is 7. The Bertz CT molecular complexity index is 1100. The van der Waals surface area contributed by atoms with Crippen molar-refractivity contribution in [3.05, 3.63) is 55.8 Å². The molecular weight excluding hydrogens is 449 g/mol. The molecule has 0 radical (unpaired) electrons. The number of ketones is 1. The van der Waals surface area contributed by atoms with Crippen molar-refractivity contribution >= 4 is 51.4 Å². The average molecular weight is 468 g/mol. The number of carbonyl (C=O) groups is 2. The number of aromatic nitrogens is 4. The van der Waals surface area contributed by atoms with Gasteiger partial charge in [-0.3, -0.25) is 14.9 Å². The fourth-order valence-electron chi connectivity index (χ4n) is 2.75. The van der Waals surface area contributed by atoms with Gasteiger partial charge in [0.2, 0.25) is 0 Å². The van der Waals surface area contributed by atoms with Crippen molar-refractivity contribution in [2.45, 2.75) is 33.2 Å². The molecule has 0 aliphatic rings. The largest absolute Gasteiger partial charge is 0.396 e. The first-order valence-corrected chi connectivity index (χ1v) is 10.6. The number of nitrogens with one attached hydrogen (secondary N) is 1. The summed E-state index contributed by atoms with van der Waals surface area (Å²) in [5, 5.41) is 20.8. The van der Waals surface area contributed by atoms with Gasteiger partial charge >= 0.3 is 0 Å². The van der Waals surface area contributed by atoms with E-state index >= 15 is 0 Å². The molecule has 1 aromatic carbocycles. The smallest absolute Gasteiger partial charge is 0.279 e. The molecule has 0 saturated heterocycles. The van der Waals surface area contributed by atoms with Gasteiger partial charge in [0.15, 0.2) is 16.6 Å². The Balaban J connectivity index is 1.72. The molecular formula is C19H19Cl2N5O3S. The fraction of sp³-hybridized carbons (Fsp3) is 0.316. The number of thiazole rings is 1. The van der Waals surface area contributed by atoms with E-state index < -0.39 is 5.91 Å². The molecule has 8 nitrogen and oxygen atoms in total. The summed E-state index contributed by atoms with van der Waals surface area (Å²) in [5.41, 5.74) is 2.14. The van der Waals surface area contributed by atoms with Crippen LogP contribution in [0.25, 0.3) is 0 Å². The number of Topliss-reactive ketones (excluding diaryl/α,β-unsaturated/α-hetero) is 1. The normalized spacial score (nSPS) is 11.0. The molecule has 0 atom stereocenters. The van der Waals surface area contributed by atoms with Crippen LogP contribution in [-0.2, 0) is 6.54 Å². The minimum atomic E-state index is -0.462. The minimum absolute atomic E-state index is 0.0512. The number of anilines is 1. The van der Waals surface area contributed by atoms with Crippen molar-refractivity contribution in [1.29, 1.82) is 0 Å². The summed E-state index contributed by atoms with van der Waals surface area (Å²) in [4.78, 5) is 29.5. The summed E-state index contributed by atoms with van der Waals surface area (Å²) in [7, 11) is 0. The maximum Gasteiger partial charge on any atom is 0.279 e. The third kappa shape index (κ3) is 5.04. The molecule has 1 amide bonds. The molecule has 3 rings (SSSR count). The summed E-state index contributed by atoms with van der Waals surface area (Å²) in [5.74, 6) is -0.570. The van der Waals surface area contributed by atoms with Gasteiger partial charge in [0.1, 0.15) is 0 Å². The number of amides is 1. The van der Waals surface area contributed by atoms with Crippen molar-refractivity contribution in [3.63, 3.8) is 0 Å². The van der Waals surface area contributed by atoms with E-state index in [4.69, 9.17) is 28.3 Å². The van der Waals surface area contributed by atoms with Crippen molar-refractivity contribution in [2.24, 2.45) is 0 Å². The molecule has 11 heteroatoms. The van der Waals surface area contributed by atoms with Crippen molar-refractivity contribution in [3.8, 4) is 0 Å². The minimum Gasteiger partial charge on any atom is -0.396 e. The first kappa shape index (κ1) is 22.4. The Hall–Kier alpha value is -2.33. The monoisotopic (exact) mass is 467 g/mol. The predicted molar refractivity (Wildman–Crippen MR) is 116 cm³/mol. The van der Waals surface area contributed by atoms with Crippen LogP contribution in [0.15, 0.2) is 18.2 Å². The lowest BCUT2D eigenvalue weighted by atomic mass is 10.2. The molecule has 158 valence electrons. The third-order valence-corrected chi connectivity index (χ3v) is 6.20. The second-order valence-corrected chi connectivity index (χ2v) is 8.38. The quantitative estimate of drug-likeness (QED) is 0.485. The predicted octanol–water partition coefficient (Wildman–Crippen LogP) is 3.91. The lowest BCUT2D eigenvalue weighted by molar-refractivity contribution is 0.0973. The molecule has 0 aliphatic carbocycles. The Kier molecular flexibility index (Phi) is 7.19. The fourth-order valence-corrected chi connectivity index (χ4v) is 4.00. The van der Waals surface area contributed by atoms with Crippen molar-refractivity contribution in [1.82, 2.24) is 20.0 Å². The van der Waals surface area contributed by atoms with Gasteiger partial charge in [-0.05, 0) is 38.0 Å². The Morgan fingerprint density at radius 2 is 2.00 bits per heavy atom.